The van der Waals surface area contributed by atoms with Gasteiger partial charge in [0.2, 0.25) is 5.91 Å². The van der Waals surface area contributed by atoms with Gasteiger partial charge >= 0.3 is 0 Å². The van der Waals surface area contributed by atoms with Crippen molar-refractivity contribution in [3.63, 3.8) is 0 Å². The molecule has 0 aliphatic heterocycles. The van der Waals surface area contributed by atoms with E-state index < -0.39 is 5.60 Å². The highest BCUT2D eigenvalue weighted by atomic mass is 16.5. The standard InChI is InChI=1S/C11H23NO3/c1-8(2)11(4,14)7-12-10(13)9(3)6-15-5/h8-9,14H,6-7H2,1-5H3,(H,12,13). The summed E-state index contributed by atoms with van der Waals surface area (Å²) in [5.41, 5.74) is -0.859. The van der Waals surface area contributed by atoms with Gasteiger partial charge in [0.25, 0.3) is 0 Å². The van der Waals surface area contributed by atoms with Crippen molar-refractivity contribution in [2.45, 2.75) is 33.3 Å². The Bertz CT molecular complexity index is 202. The summed E-state index contributed by atoms with van der Waals surface area (Å²) in [4.78, 5) is 11.5. The number of amides is 1. The first-order chi connectivity index (χ1) is 6.81. The van der Waals surface area contributed by atoms with Crippen LogP contribution in [-0.2, 0) is 9.53 Å². The molecule has 0 heterocycles. The number of rotatable bonds is 6. The Balaban J connectivity index is 4.00. The smallest absolute Gasteiger partial charge is 0.225 e. The van der Waals surface area contributed by atoms with Gasteiger partial charge in [-0.3, -0.25) is 4.79 Å². The third-order valence-corrected chi connectivity index (χ3v) is 2.73. The first kappa shape index (κ1) is 14.4. The summed E-state index contributed by atoms with van der Waals surface area (Å²) >= 11 is 0. The van der Waals surface area contributed by atoms with Crippen LogP contribution in [0.5, 0.6) is 0 Å². The van der Waals surface area contributed by atoms with Crippen molar-refractivity contribution in [1.29, 1.82) is 0 Å². The Kier molecular flexibility index (Phi) is 5.83. The molecule has 0 aromatic carbocycles. The van der Waals surface area contributed by atoms with E-state index in [0.29, 0.717) is 6.61 Å². The van der Waals surface area contributed by atoms with E-state index in [2.05, 4.69) is 5.32 Å². The molecule has 2 N–H and O–H groups in total. The zero-order valence-electron chi connectivity index (χ0n) is 10.3. The maximum atomic E-state index is 11.5. The van der Waals surface area contributed by atoms with Gasteiger partial charge in [0.1, 0.15) is 0 Å². The van der Waals surface area contributed by atoms with Crippen LogP contribution in [0.25, 0.3) is 0 Å². The fourth-order valence-corrected chi connectivity index (χ4v) is 0.970. The molecule has 0 saturated heterocycles. The number of carbonyl (C=O) groups is 1. The quantitative estimate of drug-likeness (QED) is 0.691. The largest absolute Gasteiger partial charge is 0.388 e. The van der Waals surface area contributed by atoms with Crippen LogP contribution in [0.1, 0.15) is 27.7 Å². The van der Waals surface area contributed by atoms with E-state index in [4.69, 9.17) is 4.74 Å². The maximum absolute atomic E-state index is 11.5. The first-order valence-electron chi connectivity index (χ1n) is 5.30. The molecular weight excluding hydrogens is 194 g/mol. The number of hydrogen-bond acceptors (Lipinski definition) is 3. The molecule has 0 aliphatic carbocycles. The Morgan fingerprint density at radius 2 is 2.00 bits per heavy atom. The zero-order chi connectivity index (χ0) is 12.1. The van der Waals surface area contributed by atoms with Crippen LogP contribution in [0.3, 0.4) is 0 Å². The molecule has 0 fully saturated rings. The number of carbonyl (C=O) groups excluding carboxylic acids is 1. The first-order valence-corrected chi connectivity index (χ1v) is 5.30. The van der Waals surface area contributed by atoms with Gasteiger partial charge < -0.3 is 15.2 Å². The van der Waals surface area contributed by atoms with Crippen LogP contribution < -0.4 is 5.32 Å². The van der Waals surface area contributed by atoms with Gasteiger partial charge in [-0.15, -0.1) is 0 Å². The van der Waals surface area contributed by atoms with Gasteiger partial charge in [-0.05, 0) is 12.8 Å². The maximum Gasteiger partial charge on any atom is 0.225 e. The van der Waals surface area contributed by atoms with Crippen LogP contribution in [-0.4, -0.2) is 36.9 Å². The molecule has 0 saturated carbocycles. The predicted octanol–water partition coefficient (Wildman–Crippen LogP) is 0.792. The Hall–Kier alpha value is -0.610. The average molecular weight is 217 g/mol. The molecule has 0 aromatic rings. The van der Waals surface area contributed by atoms with Crippen molar-refractivity contribution >= 4 is 5.91 Å². The van der Waals surface area contributed by atoms with Gasteiger partial charge in [0, 0.05) is 13.7 Å². The van der Waals surface area contributed by atoms with E-state index in [1.165, 1.54) is 0 Å². The van der Waals surface area contributed by atoms with E-state index in [1.807, 2.05) is 13.8 Å². The number of methoxy groups -OCH3 is 1. The molecule has 0 aromatic heterocycles. The lowest BCUT2D eigenvalue weighted by Gasteiger charge is -2.28. The van der Waals surface area contributed by atoms with Crippen LogP contribution in [0.15, 0.2) is 0 Å². The summed E-state index contributed by atoms with van der Waals surface area (Å²) in [6.07, 6.45) is 0. The molecule has 0 radical (unpaired) electrons. The van der Waals surface area contributed by atoms with Gasteiger partial charge in [0.15, 0.2) is 0 Å². The lowest BCUT2D eigenvalue weighted by molar-refractivity contribution is -0.127. The van der Waals surface area contributed by atoms with Gasteiger partial charge in [-0.25, -0.2) is 0 Å². The molecule has 0 rings (SSSR count). The lowest BCUT2D eigenvalue weighted by Crippen LogP contribution is -2.46. The van der Waals surface area contributed by atoms with Gasteiger partial charge in [0.05, 0.1) is 18.1 Å². The Labute approximate surface area is 92.0 Å². The van der Waals surface area contributed by atoms with E-state index in [-0.39, 0.29) is 24.3 Å². The molecule has 0 aliphatic rings. The number of ether oxygens (including phenoxy) is 1. The number of nitrogens with one attached hydrogen (secondary N) is 1. The minimum atomic E-state index is -0.859. The molecule has 0 bridgehead atoms. The number of aliphatic hydroxyl groups is 1. The fourth-order valence-electron chi connectivity index (χ4n) is 0.970. The van der Waals surface area contributed by atoms with Crippen LogP contribution in [0.2, 0.25) is 0 Å². The average Bonchev–Trinajstić information content (AvgIpc) is 2.14. The summed E-state index contributed by atoms with van der Waals surface area (Å²) in [7, 11) is 1.56. The van der Waals surface area contributed by atoms with E-state index >= 15 is 0 Å². The monoisotopic (exact) mass is 217 g/mol. The van der Waals surface area contributed by atoms with E-state index in [9.17, 15) is 9.90 Å². The molecule has 4 heteroatoms. The molecule has 1 amide bonds. The molecular formula is C11H23NO3. The second kappa shape index (κ2) is 6.08. The fraction of sp³-hybridized carbons (Fsp3) is 0.909. The van der Waals surface area contributed by atoms with Crippen LogP contribution in [0.4, 0.5) is 0 Å². The van der Waals surface area contributed by atoms with Crippen LogP contribution in [0, 0.1) is 11.8 Å². The zero-order valence-corrected chi connectivity index (χ0v) is 10.3. The second-order valence-corrected chi connectivity index (χ2v) is 4.59. The minimum absolute atomic E-state index is 0.0854. The molecule has 2 unspecified atom stereocenters. The highest BCUT2D eigenvalue weighted by Crippen LogP contribution is 2.14. The number of hydrogen-bond donors (Lipinski definition) is 2. The third kappa shape index (κ3) is 5.14. The Morgan fingerprint density at radius 1 is 1.47 bits per heavy atom. The van der Waals surface area contributed by atoms with Gasteiger partial charge in [-0.2, -0.15) is 0 Å². The molecule has 15 heavy (non-hydrogen) atoms. The molecule has 2 atom stereocenters. The topological polar surface area (TPSA) is 58.6 Å². The highest BCUT2D eigenvalue weighted by molar-refractivity contribution is 5.78. The van der Waals surface area contributed by atoms with E-state index in [1.54, 1.807) is 21.0 Å². The van der Waals surface area contributed by atoms with Crippen molar-refractivity contribution < 1.29 is 14.6 Å². The van der Waals surface area contributed by atoms with E-state index in [0.717, 1.165) is 0 Å². The third-order valence-electron chi connectivity index (χ3n) is 2.73. The van der Waals surface area contributed by atoms with Crippen molar-refractivity contribution in [1.82, 2.24) is 5.32 Å². The van der Waals surface area contributed by atoms with Crippen LogP contribution >= 0.6 is 0 Å². The predicted molar refractivity (Wildman–Crippen MR) is 59.5 cm³/mol. The SMILES string of the molecule is COCC(C)C(=O)NCC(C)(O)C(C)C. The second-order valence-electron chi connectivity index (χ2n) is 4.59. The summed E-state index contributed by atoms with van der Waals surface area (Å²) in [5.74, 6) is -0.161. The summed E-state index contributed by atoms with van der Waals surface area (Å²) in [5, 5.41) is 12.6. The Morgan fingerprint density at radius 3 is 2.40 bits per heavy atom. The summed E-state index contributed by atoms with van der Waals surface area (Å²) < 4.78 is 4.88. The van der Waals surface area contributed by atoms with Gasteiger partial charge in [-0.1, -0.05) is 20.8 Å². The summed E-state index contributed by atoms with van der Waals surface area (Å²) in [6.45, 7) is 8.03. The van der Waals surface area contributed by atoms with Crippen molar-refractivity contribution in [2.24, 2.45) is 11.8 Å². The lowest BCUT2D eigenvalue weighted by atomic mass is 9.92. The highest BCUT2D eigenvalue weighted by Gasteiger charge is 2.26. The normalized spacial score (nSPS) is 17.3. The van der Waals surface area contributed by atoms with Crippen molar-refractivity contribution in [3.05, 3.63) is 0 Å². The summed E-state index contributed by atoms with van der Waals surface area (Å²) in [6, 6.07) is 0. The van der Waals surface area contributed by atoms with Crippen molar-refractivity contribution in [2.75, 3.05) is 20.3 Å². The van der Waals surface area contributed by atoms with Crippen molar-refractivity contribution in [3.8, 4) is 0 Å². The molecule has 4 nitrogen and oxygen atoms in total. The molecule has 90 valence electrons. The minimum Gasteiger partial charge on any atom is -0.388 e. The molecule has 0 spiro atoms.